The molecular weight excluding hydrogens is 354 g/mol. The van der Waals surface area contributed by atoms with Gasteiger partial charge in [0.25, 0.3) is 0 Å². The first-order chi connectivity index (χ1) is 12.4. The van der Waals surface area contributed by atoms with Crippen LogP contribution >= 0.6 is 11.8 Å². The molecule has 0 spiro atoms. The van der Waals surface area contributed by atoms with Crippen molar-refractivity contribution in [2.75, 3.05) is 25.7 Å². The molecule has 2 amide bonds. The lowest BCUT2D eigenvalue weighted by molar-refractivity contribution is -0.117. The fourth-order valence-electron chi connectivity index (χ4n) is 1.53. The highest BCUT2D eigenvalue weighted by Crippen LogP contribution is 2.11. The van der Waals surface area contributed by atoms with Gasteiger partial charge in [0.15, 0.2) is 0 Å². The summed E-state index contributed by atoms with van der Waals surface area (Å²) in [6, 6.07) is 3.66. The Morgan fingerprint density at radius 2 is 1.96 bits per heavy atom. The van der Waals surface area contributed by atoms with E-state index in [1.807, 2.05) is 25.1 Å². The summed E-state index contributed by atoms with van der Waals surface area (Å²) in [5, 5.41) is 2.56. The fourth-order valence-corrected chi connectivity index (χ4v) is 2.42. The van der Waals surface area contributed by atoms with Crippen molar-refractivity contribution < 1.29 is 19.1 Å². The maximum absolute atomic E-state index is 10.6. The van der Waals surface area contributed by atoms with Gasteiger partial charge in [-0.25, -0.2) is 4.79 Å². The summed E-state index contributed by atoms with van der Waals surface area (Å²) in [5.74, 6) is 2.08. The molecule has 0 aromatic carbocycles. The molecular formula is C18H27N3O4S. The summed E-state index contributed by atoms with van der Waals surface area (Å²) in [6.07, 6.45) is 5.22. The van der Waals surface area contributed by atoms with E-state index in [1.165, 1.54) is 7.11 Å². The van der Waals surface area contributed by atoms with Crippen LogP contribution in [-0.4, -0.2) is 42.7 Å². The lowest BCUT2D eigenvalue weighted by Gasteiger charge is -2.05. The van der Waals surface area contributed by atoms with Crippen LogP contribution in [0.5, 0.6) is 0 Å². The second-order valence-electron chi connectivity index (χ2n) is 5.13. The molecule has 0 aliphatic heterocycles. The van der Waals surface area contributed by atoms with Gasteiger partial charge >= 0.3 is 6.09 Å². The third kappa shape index (κ3) is 13.9. The number of hydrogen-bond acceptors (Lipinski definition) is 6. The van der Waals surface area contributed by atoms with Crippen LogP contribution < -0.4 is 11.1 Å². The van der Waals surface area contributed by atoms with E-state index in [2.05, 4.69) is 21.6 Å². The molecule has 1 aromatic rings. The second kappa shape index (κ2) is 14.8. The zero-order valence-electron chi connectivity index (χ0n) is 15.5. The van der Waals surface area contributed by atoms with E-state index < -0.39 is 6.09 Å². The van der Waals surface area contributed by atoms with E-state index in [9.17, 15) is 9.59 Å². The molecule has 0 aliphatic rings. The van der Waals surface area contributed by atoms with Crippen molar-refractivity contribution in [3.63, 3.8) is 0 Å². The molecule has 0 atom stereocenters. The summed E-state index contributed by atoms with van der Waals surface area (Å²) in [4.78, 5) is 24.9. The standard InChI is InChI=1S/C10H17NO2S.C8H10N2O2/c1-8(2)6-9(13-3)7-14-5-4-10(11)12;1-12-8(11)10-6-7-2-4-9-5-3-7/h6H,1,4-5,7H2,2-3H3,(H2,11,12);2-5H,6H2,1H3,(H,10,11)/b9-6-;. The van der Waals surface area contributed by atoms with E-state index in [-0.39, 0.29) is 5.91 Å². The van der Waals surface area contributed by atoms with Gasteiger partial charge in [0.05, 0.1) is 20.0 Å². The van der Waals surface area contributed by atoms with Crippen molar-refractivity contribution in [3.05, 3.63) is 54.1 Å². The molecule has 8 heteroatoms. The van der Waals surface area contributed by atoms with Crippen LogP contribution in [0.25, 0.3) is 0 Å². The van der Waals surface area contributed by atoms with E-state index in [0.29, 0.717) is 13.0 Å². The third-order valence-electron chi connectivity index (χ3n) is 2.78. The number of nitrogens with zero attached hydrogens (tertiary/aromatic N) is 1. The molecule has 26 heavy (non-hydrogen) atoms. The number of nitrogens with one attached hydrogen (secondary N) is 1. The van der Waals surface area contributed by atoms with Gasteiger partial charge < -0.3 is 20.5 Å². The number of pyridine rings is 1. The zero-order valence-corrected chi connectivity index (χ0v) is 16.3. The Balaban J connectivity index is 0.000000485. The van der Waals surface area contributed by atoms with Crippen molar-refractivity contribution in [1.29, 1.82) is 0 Å². The summed E-state index contributed by atoms with van der Waals surface area (Å²) >= 11 is 1.62. The topological polar surface area (TPSA) is 104 Å². The predicted octanol–water partition coefficient (Wildman–Crippen LogP) is 2.64. The maximum atomic E-state index is 10.6. The maximum Gasteiger partial charge on any atom is 0.407 e. The number of rotatable bonds is 9. The lowest BCUT2D eigenvalue weighted by Crippen LogP contribution is -2.22. The Morgan fingerprint density at radius 1 is 1.31 bits per heavy atom. The molecule has 0 unspecified atom stereocenters. The minimum absolute atomic E-state index is 0.264. The van der Waals surface area contributed by atoms with Gasteiger partial charge in [0.2, 0.25) is 5.91 Å². The van der Waals surface area contributed by atoms with Crippen molar-refractivity contribution in [2.24, 2.45) is 5.73 Å². The monoisotopic (exact) mass is 381 g/mol. The second-order valence-corrected chi connectivity index (χ2v) is 6.24. The number of carbonyl (C=O) groups excluding carboxylic acids is 2. The number of alkyl carbamates (subject to hydrolysis) is 1. The van der Waals surface area contributed by atoms with E-state index in [0.717, 1.165) is 28.4 Å². The van der Waals surface area contributed by atoms with Crippen LogP contribution in [0.1, 0.15) is 18.9 Å². The number of allylic oxidation sites excluding steroid dienone is 2. The molecule has 0 saturated carbocycles. The normalized spacial score (nSPS) is 10.2. The SMILES string of the molecule is C=C(C)/C=C(/CSCCC(N)=O)OC.COC(=O)NCc1ccncc1. The first-order valence-electron chi connectivity index (χ1n) is 7.85. The van der Waals surface area contributed by atoms with Gasteiger partial charge in [-0.15, -0.1) is 0 Å². The van der Waals surface area contributed by atoms with Crippen LogP contribution in [0.15, 0.2) is 48.5 Å². The molecule has 0 fully saturated rings. The van der Waals surface area contributed by atoms with Gasteiger partial charge in [-0.1, -0.05) is 12.2 Å². The molecule has 0 bridgehead atoms. The smallest absolute Gasteiger partial charge is 0.407 e. The Labute approximate surface area is 159 Å². The quantitative estimate of drug-likeness (QED) is 0.387. The lowest BCUT2D eigenvalue weighted by atomic mass is 10.3. The fraction of sp³-hybridized carbons (Fsp3) is 0.389. The Bertz CT molecular complexity index is 591. The summed E-state index contributed by atoms with van der Waals surface area (Å²) in [7, 11) is 2.96. The summed E-state index contributed by atoms with van der Waals surface area (Å²) in [6.45, 7) is 6.14. The van der Waals surface area contributed by atoms with E-state index in [4.69, 9.17) is 10.5 Å². The van der Waals surface area contributed by atoms with Gasteiger partial charge in [-0.3, -0.25) is 9.78 Å². The Morgan fingerprint density at radius 3 is 2.46 bits per heavy atom. The molecule has 0 aliphatic carbocycles. The Hall–Kier alpha value is -2.48. The zero-order chi connectivity index (χ0) is 19.8. The van der Waals surface area contributed by atoms with Gasteiger partial charge in [0, 0.05) is 31.1 Å². The highest BCUT2D eigenvalue weighted by Gasteiger charge is 1.99. The number of hydrogen-bond donors (Lipinski definition) is 2. The number of methoxy groups -OCH3 is 2. The molecule has 3 N–H and O–H groups in total. The van der Waals surface area contributed by atoms with Crippen molar-refractivity contribution in [3.8, 4) is 0 Å². The van der Waals surface area contributed by atoms with Gasteiger partial charge in [-0.2, -0.15) is 11.8 Å². The number of amides is 2. The van der Waals surface area contributed by atoms with Crippen molar-refractivity contribution >= 4 is 23.8 Å². The van der Waals surface area contributed by atoms with E-state index >= 15 is 0 Å². The molecule has 1 heterocycles. The minimum atomic E-state index is -0.424. The van der Waals surface area contributed by atoms with Crippen molar-refractivity contribution in [1.82, 2.24) is 10.3 Å². The average molecular weight is 381 g/mol. The molecule has 1 rings (SSSR count). The van der Waals surface area contributed by atoms with Crippen LogP contribution in [0.2, 0.25) is 0 Å². The number of nitrogens with two attached hydrogens (primary N) is 1. The molecule has 0 radical (unpaired) electrons. The number of ether oxygens (including phenoxy) is 2. The van der Waals surface area contributed by atoms with Crippen molar-refractivity contribution in [2.45, 2.75) is 19.9 Å². The number of thioether (sulfide) groups is 1. The molecule has 7 nitrogen and oxygen atoms in total. The largest absolute Gasteiger partial charge is 0.500 e. The highest BCUT2D eigenvalue weighted by molar-refractivity contribution is 7.99. The van der Waals surface area contributed by atoms with Crippen LogP contribution in [0, 0.1) is 0 Å². The first-order valence-corrected chi connectivity index (χ1v) is 9.01. The van der Waals surface area contributed by atoms with Crippen LogP contribution in [0.3, 0.4) is 0 Å². The first kappa shape index (κ1) is 23.5. The molecule has 0 saturated heterocycles. The number of aromatic nitrogens is 1. The molecule has 1 aromatic heterocycles. The van der Waals surface area contributed by atoms with Crippen LogP contribution in [-0.2, 0) is 20.8 Å². The number of carbonyl (C=O) groups is 2. The summed E-state index contributed by atoms with van der Waals surface area (Å²) in [5.41, 5.74) is 6.96. The van der Waals surface area contributed by atoms with Gasteiger partial charge in [0.1, 0.15) is 5.76 Å². The highest BCUT2D eigenvalue weighted by atomic mass is 32.2. The number of primary amides is 1. The molecule has 144 valence electrons. The van der Waals surface area contributed by atoms with E-state index in [1.54, 1.807) is 31.3 Å². The Kier molecular flexibility index (Phi) is 13.4. The van der Waals surface area contributed by atoms with Gasteiger partial charge in [-0.05, 0) is 30.7 Å². The summed E-state index contributed by atoms with van der Waals surface area (Å²) < 4.78 is 9.54. The minimum Gasteiger partial charge on any atom is -0.500 e. The predicted molar refractivity (Wildman–Crippen MR) is 105 cm³/mol. The third-order valence-corrected chi connectivity index (χ3v) is 3.76. The van der Waals surface area contributed by atoms with Crippen LogP contribution in [0.4, 0.5) is 4.79 Å². The average Bonchev–Trinajstić information content (AvgIpc) is 2.63.